The zero-order valence-corrected chi connectivity index (χ0v) is 28.5. The van der Waals surface area contributed by atoms with Crippen LogP contribution in [-0.2, 0) is 23.9 Å². The maximum absolute atomic E-state index is 13.8. The summed E-state index contributed by atoms with van der Waals surface area (Å²) in [4.78, 5) is 28.3. The fourth-order valence-electron chi connectivity index (χ4n) is 7.57. The monoisotopic (exact) mass is 641 g/mol. The van der Waals surface area contributed by atoms with Gasteiger partial charge in [0.25, 0.3) is 5.96 Å². The number of carbonyl (C=O) groups is 1. The van der Waals surface area contributed by atoms with Gasteiger partial charge in [-0.2, -0.15) is 0 Å². The van der Waals surface area contributed by atoms with Crippen LogP contribution in [0.25, 0.3) is 0 Å². The molecule has 4 N–H and O–H groups in total. The Morgan fingerprint density at radius 2 is 1.82 bits per heavy atom. The van der Waals surface area contributed by atoms with Gasteiger partial charge in [-0.05, 0) is 68.6 Å². The van der Waals surface area contributed by atoms with E-state index in [1.807, 2.05) is 0 Å². The van der Waals surface area contributed by atoms with Crippen molar-refractivity contribution in [3.05, 3.63) is 10.1 Å². The van der Waals surface area contributed by atoms with Gasteiger partial charge < -0.3 is 20.4 Å². The smallest absolute Gasteiger partial charge is 0.404 e. The molecular formula is C30H56BN5O7S. The molecule has 14 heteroatoms. The first-order chi connectivity index (χ1) is 20.6. The molecule has 6 atom stereocenters. The zero-order chi connectivity index (χ0) is 32.7. The third-order valence-corrected chi connectivity index (χ3v) is 12.0. The van der Waals surface area contributed by atoms with Gasteiger partial charge in [0.2, 0.25) is 5.91 Å². The van der Waals surface area contributed by atoms with E-state index >= 15 is 0 Å². The van der Waals surface area contributed by atoms with Crippen molar-refractivity contribution in [1.29, 1.82) is 0 Å². The summed E-state index contributed by atoms with van der Waals surface area (Å²) in [5.41, 5.74) is 7.08. The van der Waals surface area contributed by atoms with Crippen LogP contribution in [0.3, 0.4) is 0 Å². The fraction of sp³-hybridized carbons (Fsp3) is 0.933. The minimum atomic E-state index is -3.49. The second-order valence-electron chi connectivity index (χ2n) is 14.4. The standard InChI is InChI=1S/C30H56BN5O7S/c1-7-8-9-10-11-12-16-44(40,41)20-22(14-13-15-33-28(32)35-36(38)39)27(37)34-26(17-21(2)3)31-42-25-19-23-18-24(29(23,4)5)30(25,6)43-31/h21-26H,7-20H2,1-6H3,(H,34,37)(H3,32,33,35)/t22-,23+,24+,25-,26+,30+/m1/s1. The van der Waals surface area contributed by atoms with Gasteiger partial charge in [0.05, 0.1) is 35.1 Å². The summed E-state index contributed by atoms with van der Waals surface area (Å²) in [5.74, 6) is -0.902. The highest BCUT2D eigenvalue weighted by Gasteiger charge is 2.68. The van der Waals surface area contributed by atoms with E-state index in [4.69, 9.17) is 15.0 Å². The van der Waals surface area contributed by atoms with Gasteiger partial charge in [-0.3, -0.25) is 4.79 Å². The number of unbranched alkanes of at least 4 members (excludes halogenated alkanes) is 5. The Morgan fingerprint density at radius 1 is 1.14 bits per heavy atom. The zero-order valence-electron chi connectivity index (χ0n) is 27.7. The maximum Gasteiger partial charge on any atom is 0.481 e. The van der Waals surface area contributed by atoms with Crippen LogP contribution in [0.15, 0.2) is 4.99 Å². The lowest BCUT2D eigenvalue weighted by Crippen LogP contribution is -2.65. The number of nitro groups is 1. The predicted octanol–water partition coefficient (Wildman–Crippen LogP) is 4.05. The quantitative estimate of drug-likeness (QED) is 0.0469. The van der Waals surface area contributed by atoms with E-state index in [9.17, 15) is 23.3 Å². The van der Waals surface area contributed by atoms with Crippen LogP contribution >= 0.6 is 0 Å². The van der Waals surface area contributed by atoms with E-state index in [-0.39, 0.29) is 53.8 Å². The highest BCUT2D eigenvalue weighted by atomic mass is 32.2. The van der Waals surface area contributed by atoms with E-state index in [0.29, 0.717) is 31.1 Å². The molecular weight excluding hydrogens is 585 g/mol. The molecule has 4 fully saturated rings. The largest absolute Gasteiger partial charge is 0.481 e. The lowest BCUT2D eigenvalue weighted by molar-refractivity contribution is -0.525. The topological polar surface area (TPSA) is 175 Å². The summed E-state index contributed by atoms with van der Waals surface area (Å²) in [6, 6.07) is 0. The highest BCUT2D eigenvalue weighted by Crippen LogP contribution is 2.65. The van der Waals surface area contributed by atoms with Crippen molar-refractivity contribution in [2.75, 3.05) is 18.1 Å². The molecule has 0 aromatic rings. The molecule has 2 bridgehead atoms. The number of guanidine groups is 1. The molecule has 0 unspecified atom stereocenters. The fourth-order valence-corrected chi connectivity index (χ4v) is 9.31. The van der Waals surface area contributed by atoms with Crippen molar-refractivity contribution in [3.8, 4) is 0 Å². The number of hydrogen-bond donors (Lipinski definition) is 3. The van der Waals surface area contributed by atoms with Gasteiger partial charge in [-0.1, -0.05) is 72.1 Å². The number of amides is 1. The first-order valence-electron chi connectivity index (χ1n) is 16.6. The molecule has 4 aliphatic rings. The molecule has 3 saturated carbocycles. The highest BCUT2D eigenvalue weighted by molar-refractivity contribution is 7.91. The van der Waals surface area contributed by atoms with Crippen molar-refractivity contribution in [2.24, 2.45) is 39.8 Å². The van der Waals surface area contributed by atoms with E-state index in [2.05, 4.69) is 51.9 Å². The van der Waals surface area contributed by atoms with Crippen LogP contribution in [0.4, 0.5) is 0 Å². The van der Waals surface area contributed by atoms with Crippen LogP contribution in [0.1, 0.15) is 112 Å². The summed E-state index contributed by atoms with van der Waals surface area (Å²) in [6.07, 6.45) is 9.04. The van der Waals surface area contributed by atoms with E-state index in [1.54, 1.807) is 5.43 Å². The van der Waals surface area contributed by atoms with Crippen molar-refractivity contribution < 1.29 is 27.6 Å². The van der Waals surface area contributed by atoms with Gasteiger partial charge in [0.1, 0.15) is 0 Å². The Kier molecular flexibility index (Phi) is 12.9. The Morgan fingerprint density at radius 3 is 2.45 bits per heavy atom. The second kappa shape index (κ2) is 15.6. The molecule has 0 aromatic carbocycles. The summed E-state index contributed by atoms with van der Waals surface area (Å²) < 4.78 is 39.5. The van der Waals surface area contributed by atoms with E-state index in [1.165, 1.54) is 0 Å². The number of nitrogens with one attached hydrogen (secondary N) is 2. The lowest BCUT2D eigenvalue weighted by Gasteiger charge is -2.64. The number of hydrogen-bond acceptors (Lipinski definition) is 8. The van der Waals surface area contributed by atoms with Gasteiger partial charge in [0.15, 0.2) is 14.9 Å². The lowest BCUT2D eigenvalue weighted by atomic mass is 9.43. The van der Waals surface area contributed by atoms with Crippen LogP contribution in [-0.4, -0.2) is 68.1 Å². The first kappa shape index (κ1) is 36.5. The molecule has 4 rings (SSSR count). The molecule has 1 aliphatic heterocycles. The van der Waals surface area contributed by atoms with Crippen molar-refractivity contribution in [1.82, 2.24) is 10.7 Å². The van der Waals surface area contributed by atoms with Gasteiger partial charge in [0, 0.05) is 6.54 Å². The Balaban J connectivity index is 1.69. The Bertz CT molecular complexity index is 1120. The minimum absolute atomic E-state index is 0.0274. The van der Waals surface area contributed by atoms with Gasteiger partial charge in [-0.25, -0.2) is 23.5 Å². The summed E-state index contributed by atoms with van der Waals surface area (Å²) in [6.45, 7) is 13.2. The van der Waals surface area contributed by atoms with Crippen LogP contribution in [0, 0.1) is 39.2 Å². The summed E-state index contributed by atoms with van der Waals surface area (Å²) in [5, 5.41) is 12.9. The second-order valence-corrected chi connectivity index (χ2v) is 16.7. The third-order valence-electron chi connectivity index (χ3n) is 10.2. The number of nitrogens with zero attached hydrogens (tertiary/aromatic N) is 2. The molecule has 1 heterocycles. The third kappa shape index (κ3) is 9.54. The molecule has 1 amide bonds. The maximum atomic E-state index is 13.8. The molecule has 44 heavy (non-hydrogen) atoms. The number of carbonyl (C=O) groups excluding carboxylic acids is 1. The normalized spacial score (nSPS) is 27.4. The number of sulfone groups is 1. The average molecular weight is 642 g/mol. The summed E-state index contributed by atoms with van der Waals surface area (Å²) >= 11 is 0. The molecule has 252 valence electrons. The molecule has 1 saturated heterocycles. The van der Waals surface area contributed by atoms with Crippen LogP contribution in [0.2, 0.25) is 0 Å². The van der Waals surface area contributed by atoms with Crippen molar-refractivity contribution in [3.63, 3.8) is 0 Å². The number of aliphatic imine (C=N–C) groups is 1. The Labute approximate surface area is 264 Å². The predicted molar refractivity (Wildman–Crippen MR) is 173 cm³/mol. The van der Waals surface area contributed by atoms with Crippen LogP contribution in [0.5, 0.6) is 0 Å². The average Bonchev–Trinajstić information content (AvgIpc) is 3.28. The van der Waals surface area contributed by atoms with Gasteiger partial charge >= 0.3 is 7.12 Å². The molecule has 12 nitrogen and oxygen atoms in total. The first-order valence-corrected chi connectivity index (χ1v) is 18.5. The number of nitrogens with two attached hydrogens (primary N) is 1. The minimum Gasteiger partial charge on any atom is -0.404 e. The SMILES string of the molecule is CCCCCCCCS(=O)(=O)C[C@@H](CCCN=C(N)N[N+](=O)[O-])C(=O)N[C@@H](CC(C)C)B1O[C@@H]2C[C@@H]3C[C@@H](C3(C)C)[C@]2(C)O1. The molecule has 0 aromatic heterocycles. The number of rotatable bonds is 19. The van der Waals surface area contributed by atoms with Crippen LogP contribution < -0.4 is 16.5 Å². The number of hydrazine groups is 1. The van der Waals surface area contributed by atoms with Crippen molar-refractivity contribution >= 4 is 28.8 Å². The molecule has 3 aliphatic carbocycles. The van der Waals surface area contributed by atoms with Crippen molar-refractivity contribution in [2.45, 2.75) is 130 Å². The van der Waals surface area contributed by atoms with Gasteiger partial charge in [-0.15, -0.1) is 0 Å². The Hall–Kier alpha value is -1.93. The molecule has 0 radical (unpaired) electrons. The molecule has 0 spiro atoms. The van der Waals surface area contributed by atoms with E-state index in [0.717, 1.165) is 44.9 Å². The van der Waals surface area contributed by atoms with E-state index < -0.39 is 39.4 Å². The summed E-state index contributed by atoms with van der Waals surface area (Å²) in [7, 11) is -4.10.